The van der Waals surface area contributed by atoms with Crippen LogP contribution in [0.5, 0.6) is 11.5 Å². The number of benzene rings is 4. The normalized spacial score (nSPS) is 11.8. The van der Waals surface area contributed by atoms with Gasteiger partial charge in [-0.05, 0) is 24.1 Å². The molecule has 6 nitrogen and oxygen atoms in total. The number of fused-ring (bicyclic) bond motifs is 4. The van der Waals surface area contributed by atoms with Gasteiger partial charge in [0.1, 0.15) is 11.5 Å². The minimum Gasteiger partial charge on any atom is -0.507 e. The van der Waals surface area contributed by atoms with Crippen LogP contribution in [0.15, 0.2) is 49.5 Å². The lowest BCUT2D eigenvalue weighted by molar-refractivity contribution is 0.480. The molecule has 0 heterocycles. The van der Waals surface area contributed by atoms with Gasteiger partial charge in [0.05, 0.1) is 10.8 Å². The number of phenolic OH excluding ortho intramolecular Hbond substituents is 2. The van der Waals surface area contributed by atoms with Gasteiger partial charge in [0.25, 0.3) is 0 Å². The maximum absolute atomic E-state index is 13.0. The van der Waals surface area contributed by atoms with Crippen LogP contribution < -0.4 is 21.7 Å². The lowest BCUT2D eigenvalue weighted by atomic mass is 9.92. The van der Waals surface area contributed by atoms with Crippen molar-refractivity contribution < 1.29 is 10.2 Å². The van der Waals surface area contributed by atoms with Gasteiger partial charge in [-0.15, -0.1) is 0 Å². The summed E-state index contributed by atoms with van der Waals surface area (Å²) in [6.07, 6.45) is 0. The third kappa shape index (κ3) is 2.13. The van der Waals surface area contributed by atoms with Crippen LogP contribution >= 0.6 is 0 Å². The average molecular weight is 362 g/mol. The zero-order valence-corrected chi connectivity index (χ0v) is 14.5. The molecule has 0 spiro atoms. The number of aromatic hydroxyl groups is 2. The molecule has 0 aliphatic rings. The molecule has 0 saturated carbocycles. The third-order valence-electron chi connectivity index (χ3n) is 4.94. The summed E-state index contributed by atoms with van der Waals surface area (Å²) in [4.78, 5) is 51.4. The predicted molar refractivity (Wildman–Crippen MR) is 104 cm³/mol. The van der Waals surface area contributed by atoms with Crippen molar-refractivity contribution in [1.82, 2.24) is 0 Å². The molecule has 0 saturated heterocycles. The highest BCUT2D eigenvalue weighted by Gasteiger charge is 2.22. The molecule has 0 radical (unpaired) electrons. The average Bonchev–Trinajstić information content (AvgIpc) is 2.61. The van der Waals surface area contributed by atoms with Crippen molar-refractivity contribution in [3.63, 3.8) is 0 Å². The van der Waals surface area contributed by atoms with Gasteiger partial charge in [-0.3, -0.25) is 19.2 Å². The largest absolute Gasteiger partial charge is 0.507 e. The highest BCUT2D eigenvalue weighted by atomic mass is 16.3. The van der Waals surface area contributed by atoms with Gasteiger partial charge in [-0.2, -0.15) is 0 Å². The van der Waals surface area contributed by atoms with Crippen LogP contribution in [0.4, 0.5) is 0 Å². The van der Waals surface area contributed by atoms with E-state index < -0.39 is 33.2 Å². The molecule has 4 rings (SSSR count). The van der Waals surface area contributed by atoms with E-state index in [0.717, 1.165) is 6.07 Å². The van der Waals surface area contributed by atoms with E-state index in [9.17, 15) is 29.4 Å². The molecule has 0 fully saturated rings. The molecule has 2 N–H and O–H groups in total. The highest BCUT2D eigenvalue weighted by molar-refractivity contribution is 6.14. The fourth-order valence-electron chi connectivity index (χ4n) is 3.65. The lowest BCUT2D eigenvalue weighted by Crippen LogP contribution is -2.21. The van der Waals surface area contributed by atoms with Crippen LogP contribution in [0.25, 0.3) is 32.3 Å². The summed E-state index contributed by atoms with van der Waals surface area (Å²) in [6.45, 7) is 3.52. The van der Waals surface area contributed by atoms with E-state index in [2.05, 4.69) is 0 Å². The van der Waals surface area contributed by atoms with Crippen LogP contribution in [-0.2, 0) is 0 Å². The first-order chi connectivity index (χ1) is 12.7. The number of hydrogen-bond donors (Lipinski definition) is 2. The maximum atomic E-state index is 13.0. The quantitative estimate of drug-likeness (QED) is 0.396. The Hall–Kier alpha value is -3.54. The monoisotopic (exact) mass is 362 g/mol. The summed E-state index contributed by atoms with van der Waals surface area (Å²) >= 11 is 0. The molecule has 4 aromatic rings. The Bertz CT molecular complexity index is 1490. The third-order valence-corrected chi connectivity index (χ3v) is 4.94. The van der Waals surface area contributed by atoms with Gasteiger partial charge in [0, 0.05) is 27.1 Å². The van der Waals surface area contributed by atoms with E-state index in [1.807, 2.05) is 0 Å². The van der Waals surface area contributed by atoms with Crippen molar-refractivity contribution in [1.29, 1.82) is 0 Å². The molecular formula is C21H14O6. The van der Waals surface area contributed by atoms with Crippen LogP contribution in [0, 0.1) is 0 Å². The van der Waals surface area contributed by atoms with Crippen LogP contribution in [0.1, 0.15) is 25.3 Å². The van der Waals surface area contributed by atoms with Gasteiger partial charge < -0.3 is 10.2 Å². The van der Waals surface area contributed by atoms with E-state index in [1.165, 1.54) is 24.3 Å². The molecule has 134 valence electrons. The van der Waals surface area contributed by atoms with Crippen LogP contribution in [0.2, 0.25) is 0 Å². The Morgan fingerprint density at radius 3 is 2.07 bits per heavy atom. The molecule has 0 aliphatic carbocycles. The summed E-state index contributed by atoms with van der Waals surface area (Å²) in [5.41, 5.74) is -2.20. The van der Waals surface area contributed by atoms with Crippen LogP contribution in [0.3, 0.4) is 0 Å². The smallest absolute Gasteiger partial charge is 0.201 e. The van der Waals surface area contributed by atoms with E-state index in [4.69, 9.17) is 0 Å². The van der Waals surface area contributed by atoms with Gasteiger partial charge in [0.2, 0.25) is 5.43 Å². The molecule has 0 aromatic heterocycles. The summed E-state index contributed by atoms with van der Waals surface area (Å²) in [5.74, 6) is -1.18. The molecule has 27 heavy (non-hydrogen) atoms. The topological polar surface area (TPSA) is 109 Å². The van der Waals surface area contributed by atoms with E-state index in [1.54, 1.807) is 13.8 Å². The van der Waals surface area contributed by atoms with E-state index in [0.29, 0.717) is 0 Å². The van der Waals surface area contributed by atoms with Gasteiger partial charge in [-0.25, -0.2) is 0 Å². The molecule has 0 atom stereocenters. The minimum absolute atomic E-state index is 0.0702. The standard InChI is InChI=1S/C21H14O6/c1-8(2)10-6-13(23)15-11(19(10)25)7-14(24)17-18(15)20(26)9-4-3-5-12(22)16(9)21(17)27/h3-8,22,24H,1-2H3. The fraction of sp³-hybridized carbons (Fsp3) is 0.143. The maximum Gasteiger partial charge on any atom is 0.201 e. The van der Waals surface area contributed by atoms with Gasteiger partial charge >= 0.3 is 0 Å². The first-order valence-corrected chi connectivity index (χ1v) is 8.36. The van der Waals surface area contributed by atoms with Crippen molar-refractivity contribution in [3.05, 3.63) is 76.8 Å². The summed E-state index contributed by atoms with van der Waals surface area (Å²) in [5, 5.41) is 19.2. The molecule has 0 amide bonds. The fourth-order valence-corrected chi connectivity index (χ4v) is 3.65. The lowest BCUT2D eigenvalue weighted by Gasteiger charge is -2.09. The number of hydrogen-bond acceptors (Lipinski definition) is 6. The molecular weight excluding hydrogens is 348 g/mol. The van der Waals surface area contributed by atoms with Crippen molar-refractivity contribution in [3.8, 4) is 11.5 Å². The summed E-state index contributed by atoms with van der Waals surface area (Å²) in [7, 11) is 0. The predicted octanol–water partition coefficient (Wildman–Crippen LogP) is 2.00. The first kappa shape index (κ1) is 16.9. The second-order valence-corrected chi connectivity index (χ2v) is 6.87. The van der Waals surface area contributed by atoms with Crippen molar-refractivity contribution in [2.24, 2.45) is 0 Å². The SMILES string of the molecule is CC(C)c1cc(=O)c2c(cc(O)c3c(=O)c4c(O)cccc4c(=O)c32)c1=O. The van der Waals surface area contributed by atoms with Crippen LogP contribution in [-0.4, -0.2) is 10.2 Å². The second-order valence-electron chi connectivity index (χ2n) is 6.87. The molecule has 0 aliphatic heterocycles. The number of rotatable bonds is 1. The van der Waals surface area contributed by atoms with Crippen molar-refractivity contribution in [2.75, 3.05) is 0 Å². The highest BCUT2D eigenvalue weighted by Crippen LogP contribution is 2.30. The Morgan fingerprint density at radius 1 is 0.704 bits per heavy atom. The Balaban J connectivity index is 2.46. The Labute approximate surface area is 151 Å². The molecule has 0 bridgehead atoms. The Morgan fingerprint density at radius 2 is 1.41 bits per heavy atom. The van der Waals surface area contributed by atoms with Gasteiger partial charge in [0.15, 0.2) is 16.3 Å². The first-order valence-electron chi connectivity index (χ1n) is 8.36. The van der Waals surface area contributed by atoms with Crippen molar-refractivity contribution >= 4 is 32.3 Å². The Kier molecular flexibility index (Phi) is 3.43. The second kappa shape index (κ2) is 5.48. The summed E-state index contributed by atoms with van der Waals surface area (Å²) < 4.78 is 0. The molecule has 0 unspecified atom stereocenters. The zero-order chi connectivity index (χ0) is 19.6. The van der Waals surface area contributed by atoms with Crippen molar-refractivity contribution in [2.45, 2.75) is 19.8 Å². The van der Waals surface area contributed by atoms with E-state index in [-0.39, 0.29) is 43.8 Å². The number of phenols is 2. The van der Waals surface area contributed by atoms with E-state index >= 15 is 0 Å². The molecule has 4 aromatic carbocycles. The van der Waals surface area contributed by atoms with Gasteiger partial charge in [-0.1, -0.05) is 26.0 Å². The zero-order valence-electron chi connectivity index (χ0n) is 14.5. The minimum atomic E-state index is -0.767. The summed E-state index contributed by atoms with van der Waals surface area (Å²) in [6, 6.07) is 6.27. The molecule has 6 heteroatoms.